The zero-order valence-electron chi connectivity index (χ0n) is 10.8. The maximum absolute atomic E-state index is 12.9. The van der Waals surface area contributed by atoms with Gasteiger partial charge in [-0.05, 0) is 54.7 Å². The third kappa shape index (κ3) is 3.81. The van der Waals surface area contributed by atoms with E-state index in [9.17, 15) is 4.39 Å². The summed E-state index contributed by atoms with van der Waals surface area (Å²) in [5.74, 6) is 0. The van der Waals surface area contributed by atoms with Crippen molar-refractivity contribution >= 4 is 5.57 Å². The zero-order chi connectivity index (χ0) is 12.7. The van der Waals surface area contributed by atoms with Crippen molar-refractivity contribution in [2.45, 2.75) is 33.6 Å². The van der Waals surface area contributed by atoms with Gasteiger partial charge in [0, 0.05) is 12.4 Å². The fourth-order valence-electron chi connectivity index (χ4n) is 1.86. The van der Waals surface area contributed by atoms with Crippen molar-refractivity contribution in [1.29, 1.82) is 0 Å². The summed E-state index contributed by atoms with van der Waals surface area (Å²) >= 11 is 0. The highest BCUT2D eigenvalue weighted by Gasteiger charge is 2.07. The molecule has 0 atom stereocenters. The number of rotatable bonds is 5. The number of alkyl halides is 1. The SMILES string of the molecule is CCC/C=C(C)\C(=C(\C)CF)c1ccncc1. The second-order valence-electron chi connectivity index (χ2n) is 4.20. The number of unbranched alkanes of at least 4 members (excludes halogenated alkanes) is 1. The van der Waals surface area contributed by atoms with Gasteiger partial charge in [0.05, 0.1) is 0 Å². The second kappa shape index (κ2) is 7.00. The van der Waals surface area contributed by atoms with Crippen LogP contribution in [0.4, 0.5) is 4.39 Å². The standard InChI is InChI=1S/C15H20FN/c1-4-5-6-12(2)15(13(3)11-16)14-7-9-17-10-8-14/h6-10H,4-5,11H2,1-3H3/b12-6-,15-13+. The minimum absolute atomic E-state index is 0.408. The number of nitrogens with zero attached hydrogens (tertiary/aromatic N) is 1. The van der Waals surface area contributed by atoms with E-state index in [1.165, 1.54) is 0 Å². The Morgan fingerprint density at radius 1 is 1.29 bits per heavy atom. The molecule has 0 saturated carbocycles. The van der Waals surface area contributed by atoms with Crippen LogP contribution in [0.3, 0.4) is 0 Å². The molecule has 1 aromatic rings. The smallest absolute Gasteiger partial charge is 0.111 e. The largest absolute Gasteiger partial charge is 0.265 e. The van der Waals surface area contributed by atoms with E-state index in [2.05, 4.69) is 18.0 Å². The number of pyridine rings is 1. The van der Waals surface area contributed by atoms with E-state index in [1.54, 1.807) is 12.4 Å². The zero-order valence-corrected chi connectivity index (χ0v) is 10.8. The third-order valence-electron chi connectivity index (χ3n) is 2.73. The summed E-state index contributed by atoms with van der Waals surface area (Å²) in [4.78, 5) is 4.00. The van der Waals surface area contributed by atoms with Gasteiger partial charge < -0.3 is 0 Å². The van der Waals surface area contributed by atoms with Crippen LogP contribution in [-0.2, 0) is 0 Å². The van der Waals surface area contributed by atoms with E-state index >= 15 is 0 Å². The monoisotopic (exact) mass is 233 g/mol. The summed E-state index contributed by atoms with van der Waals surface area (Å²) < 4.78 is 12.9. The molecule has 92 valence electrons. The van der Waals surface area contributed by atoms with Gasteiger partial charge in [-0.15, -0.1) is 0 Å². The van der Waals surface area contributed by atoms with E-state index in [0.29, 0.717) is 0 Å². The van der Waals surface area contributed by atoms with Crippen LogP contribution in [0.15, 0.2) is 41.7 Å². The van der Waals surface area contributed by atoms with Crippen LogP contribution in [0.2, 0.25) is 0 Å². The van der Waals surface area contributed by atoms with Gasteiger partial charge >= 0.3 is 0 Å². The third-order valence-corrected chi connectivity index (χ3v) is 2.73. The first-order chi connectivity index (χ1) is 8.20. The molecule has 0 aliphatic rings. The predicted molar refractivity (Wildman–Crippen MR) is 71.5 cm³/mol. The molecule has 0 saturated heterocycles. The summed E-state index contributed by atoms with van der Waals surface area (Å²) in [6.45, 7) is 5.63. The van der Waals surface area contributed by atoms with Gasteiger partial charge in [0.1, 0.15) is 6.67 Å². The summed E-state index contributed by atoms with van der Waals surface area (Å²) in [5.41, 5.74) is 3.98. The van der Waals surface area contributed by atoms with Crippen LogP contribution in [0, 0.1) is 0 Å². The predicted octanol–water partition coefficient (Wildman–Crippen LogP) is 4.57. The van der Waals surface area contributed by atoms with E-state index in [1.807, 2.05) is 26.0 Å². The molecule has 0 aliphatic carbocycles. The van der Waals surface area contributed by atoms with E-state index in [4.69, 9.17) is 0 Å². The number of hydrogen-bond acceptors (Lipinski definition) is 1. The molecular weight excluding hydrogens is 213 g/mol. The van der Waals surface area contributed by atoms with Crippen molar-refractivity contribution < 1.29 is 4.39 Å². The normalized spacial score (nSPS) is 13.5. The van der Waals surface area contributed by atoms with E-state index in [-0.39, 0.29) is 0 Å². The first-order valence-electron chi connectivity index (χ1n) is 6.04. The van der Waals surface area contributed by atoms with Crippen molar-refractivity contribution in [1.82, 2.24) is 4.98 Å². The lowest BCUT2D eigenvalue weighted by molar-refractivity contribution is 0.544. The molecule has 0 amide bonds. The maximum atomic E-state index is 12.9. The van der Waals surface area contributed by atoms with Crippen molar-refractivity contribution in [3.05, 3.63) is 47.3 Å². The molecular formula is C15H20FN. The van der Waals surface area contributed by atoms with Crippen LogP contribution in [0.25, 0.3) is 5.57 Å². The quantitative estimate of drug-likeness (QED) is 0.679. The molecule has 1 rings (SSSR count). The Morgan fingerprint density at radius 2 is 1.94 bits per heavy atom. The molecule has 0 fully saturated rings. The van der Waals surface area contributed by atoms with E-state index < -0.39 is 6.67 Å². The molecule has 0 bridgehead atoms. The van der Waals surface area contributed by atoms with Gasteiger partial charge in [-0.2, -0.15) is 0 Å². The summed E-state index contributed by atoms with van der Waals surface area (Å²) in [5, 5.41) is 0. The topological polar surface area (TPSA) is 12.9 Å². The lowest BCUT2D eigenvalue weighted by Crippen LogP contribution is -1.94. The Labute approximate surface area is 103 Å². The minimum atomic E-state index is -0.408. The summed E-state index contributed by atoms with van der Waals surface area (Å²) in [6, 6.07) is 3.86. The van der Waals surface area contributed by atoms with Crippen LogP contribution in [-0.4, -0.2) is 11.7 Å². The van der Waals surface area contributed by atoms with Gasteiger partial charge in [-0.3, -0.25) is 4.98 Å². The Bertz CT molecular complexity index is 404. The van der Waals surface area contributed by atoms with Crippen molar-refractivity contribution in [3.8, 4) is 0 Å². The molecule has 0 aromatic carbocycles. The van der Waals surface area contributed by atoms with E-state index in [0.717, 1.165) is 35.1 Å². The fraction of sp³-hybridized carbons (Fsp3) is 0.400. The van der Waals surface area contributed by atoms with Crippen LogP contribution >= 0.6 is 0 Å². The Morgan fingerprint density at radius 3 is 2.47 bits per heavy atom. The number of aromatic nitrogens is 1. The molecule has 0 N–H and O–H groups in total. The molecule has 0 aliphatic heterocycles. The fourth-order valence-corrected chi connectivity index (χ4v) is 1.86. The molecule has 1 aromatic heterocycles. The summed E-state index contributed by atoms with van der Waals surface area (Å²) in [7, 11) is 0. The Balaban J connectivity index is 3.15. The van der Waals surface area contributed by atoms with Gasteiger partial charge in [-0.1, -0.05) is 19.4 Å². The first-order valence-corrected chi connectivity index (χ1v) is 6.04. The summed E-state index contributed by atoms with van der Waals surface area (Å²) in [6.07, 6.45) is 7.80. The number of halogens is 1. The highest BCUT2D eigenvalue weighted by molar-refractivity contribution is 5.80. The van der Waals surface area contributed by atoms with Gasteiger partial charge in [0.25, 0.3) is 0 Å². The molecule has 0 radical (unpaired) electrons. The lowest BCUT2D eigenvalue weighted by Gasteiger charge is -2.12. The highest BCUT2D eigenvalue weighted by atomic mass is 19.1. The first kappa shape index (κ1) is 13.6. The Kier molecular flexibility index (Phi) is 5.61. The minimum Gasteiger partial charge on any atom is -0.265 e. The number of hydrogen-bond donors (Lipinski definition) is 0. The Hall–Kier alpha value is -1.44. The molecule has 1 heterocycles. The average molecular weight is 233 g/mol. The lowest BCUT2D eigenvalue weighted by atomic mass is 9.94. The van der Waals surface area contributed by atoms with Gasteiger partial charge in [0.2, 0.25) is 0 Å². The van der Waals surface area contributed by atoms with Crippen molar-refractivity contribution in [2.75, 3.05) is 6.67 Å². The maximum Gasteiger partial charge on any atom is 0.111 e. The van der Waals surface area contributed by atoms with Crippen LogP contribution in [0.5, 0.6) is 0 Å². The van der Waals surface area contributed by atoms with Crippen LogP contribution in [0.1, 0.15) is 39.2 Å². The van der Waals surface area contributed by atoms with Crippen molar-refractivity contribution in [3.63, 3.8) is 0 Å². The average Bonchev–Trinajstić information content (AvgIpc) is 2.37. The highest BCUT2D eigenvalue weighted by Crippen LogP contribution is 2.26. The molecule has 0 unspecified atom stereocenters. The second-order valence-corrected chi connectivity index (χ2v) is 4.20. The molecule has 17 heavy (non-hydrogen) atoms. The molecule has 2 heteroatoms. The van der Waals surface area contributed by atoms with Gasteiger partial charge in [0.15, 0.2) is 0 Å². The van der Waals surface area contributed by atoms with Gasteiger partial charge in [-0.25, -0.2) is 4.39 Å². The molecule has 1 nitrogen and oxygen atoms in total. The number of allylic oxidation sites excluding steroid dienone is 4. The van der Waals surface area contributed by atoms with Crippen LogP contribution < -0.4 is 0 Å². The van der Waals surface area contributed by atoms with Crippen molar-refractivity contribution in [2.24, 2.45) is 0 Å². The molecule has 0 spiro atoms.